The maximum atomic E-state index is 13.3. The quantitative estimate of drug-likeness (QED) is 0.854. The van der Waals surface area contributed by atoms with Gasteiger partial charge in [0, 0.05) is 31.1 Å². The van der Waals surface area contributed by atoms with Gasteiger partial charge in [0.05, 0.1) is 5.92 Å². The summed E-state index contributed by atoms with van der Waals surface area (Å²) in [5, 5.41) is 2.94. The van der Waals surface area contributed by atoms with Crippen LogP contribution in [0, 0.1) is 23.5 Å². The van der Waals surface area contributed by atoms with Crippen molar-refractivity contribution in [3.63, 3.8) is 0 Å². The predicted molar refractivity (Wildman–Crippen MR) is 103 cm³/mol. The van der Waals surface area contributed by atoms with Gasteiger partial charge in [-0.2, -0.15) is 0 Å². The van der Waals surface area contributed by atoms with E-state index >= 15 is 0 Å². The lowest BCUT2D eigenvalue weighted by Gasteiger charge is -2.18. The van der Waals surface area contributed by atoms with Gasteiger partial charge in [0.25, 0.3) is 5.91 Å². The maximum absolute atomic E-state index is 13.3. The number of likely N-dealkylation sites (tertiary alicyclic amines) is 1. The van der Waals surface area contributed by atoms with Gasteiger partial charge >= 0.3 is 0 Å². The van der Waals surface area contributed by atoms with Crippen molar-refractivity contribution in [1.82, 2.24) is 10.2 Å². The minimum atomic E-state index is -0.423. The standard InChI is InChI=1S/C22H24F2N2O2/c1-14(2)11-25-21(27)20-13-26(22(28)16-5-9-18(24)10-6-16)12-19(20)15-3-7-17(23)8-4-15/h3-10,14,19-20H,11-13H2,1-2H3,(H,25,27). The molecule has 0 aromatic heterocycles. The molecule has 1 heterocycles. The van der Waals surface area contributed by atoms with E-state index in [0.717, 1.165) is 5.56 Å². The van der Waals surface area contributed by atoms with Gasteiger partial charge in [0.15, 0.2) is 0 Å². The monoisotopic (exact) mass is 386 g/mol. The summed E-state index contributed by atoms with van der Waals surface area (Å²) < 4.78 is 26.5. The number of nitrogens with one attached hydrogen (secondary N) is 1. The molecule has 1 aliphatic heterocycles. The number of carbonyl (C=O) groups excluding carboxylic acids is 2. The molecule has 0 bridgehead atoms. The molecule has 2 unspecified atom stereocenters. The third-order valence-corrected chi connectivity index (χ3v) is 5.02. The summed E-state index contributed by atoms with van der Waals surface area (Å²) >= 11 is 0. The first kappa shape index (κ1) is 20.0. The topological polar surface area (TPSA) is 49.4 Å². The van der Waals surface area contributed by atoms with Crippen molar-refractivity contribution in [1.29, 1.82) is 0 Å². The average molecular weight is 386 g/mol. The third kappa shape index (κ3) is 4.55. The molecule has 1 aliphatic rings. The molecule has 2 atom stereocenters. The second-order valence-electron chi connectivity index (χ2n) is 7.62. The fourth-order valence-corrected chi connectivity index (χ4v) is 3.49. The minimum absolute atomic E-state index is 0.113. The summed E-state index contributed by atoms with van der Waals surface area (Å²) in [6.45, 7) is 5.19. The number of nitrogens with zero attached hydrogens (tertiary/aromatic N) is 1. The normalized spacial score (nSPS) is 19.1. The Morgan fingerprint density at radius 2 is 1.57 bits per heavy atom. The molecule has 3 rings (SSSR count). The summed E-state index contributed by atoms with van der Waals surface area (Å²) in [6.07, 6.45) is 0. The van der Waals surface area contributed by atoms with Crippen LogP contribution < -0.4 is 5.32 Å². The number of benzene rings is 2. The Labute approximate surface area is 163 Å². The zero-order valence-electron chi connectivity index (χ0n) is 16.0. The minimum Gasteiger partial charge on any atom is -0.356 e. The van der Waals surface area contributed by atoms with Crippen molar-refractivity contribution in [3.8, 4) is 0 Å². The molecular formula is C22H24F2N2O2. The van der Waals surface area contributed by atoms with E-state index in [9.17, 15) is 18.4 Å². The summed E-state index contributed by atoms with van der Waals surface area (Å²) in [6, 6.07) is 11.4. The molecule has 1 fully saturated rings. The molecule has 4 nitrogen and oxygen atoms in total. The van der Waals surface area contributed by atoms with Crippen LogP contribution in [0.25, 0.3) is 0 Å². The van der Waals surface area contributed by atoms with Gasteiger partial charge in [-0.05, 0) is 47.9 Å². The Morgan fingerprint density at radius 1 is 1.00 bits per heavy atom. The lowest BCUT2D eigenvalue weighted by molar-refractivity contribution is -0.125. The van der Waals surface area contributed by atoms with Crippen LogP contribution in [0.2, 0.25) is 0 Å². The van der Waals surface area contributed by atoms with Gasteiger partial charge in [0.2, 0.25) is 5.91 Å². The van der Waals surface area contributed by atoms with E-state index in [0.29, 0.717) is 24.6 Å². The molecule has 28 heavy (non-hydrogen) atoms. The van der Waals surface area contributed by atoms with Gasteiger partial charge < -0.3 is 10.2 Å². The van der Waals surface area contributed by atoms with Crippen LogP contribution in [-0.4, -0.2) is 36.3 Å². The van der Waals surface area contributed by atoms with E-state index in [1.165, 1.54) is 36.4 Å². The number of hydrogen-bond donors (Lipinski definition) is 1. The molecule has 0 radical (unpaired) electrons. The molecule has 0 saturated carbocycles. The van der Waals surface area contributed by atoms with E-state index in [1.807, 2.05) is 13.8 Å². The van der Waals surface area contributed by atoms with Gasteiger partial charge in [0.1, 0.15) is 11.6 Å². The number of amides is 2. The molecule has 6 heteroatoms. The highest BCUT2D eigenvalue weighted by molar-refractivity contribution is 5.95. The molecule has 148 valence electrons. The van der Waals surface area contributed by atoms with Gasteiger partial charge in [-0.3, -0.25) is 9.59 Å². The average Bonchev–Trinajstić information content (AvgIpc) is 3.12. The van der Waals surface area contributed by atoms with E-state index in [1.54, 1.807) is 17.0 Å². The molecule has 2 amide bonds. The predicted octanol–water partition coefficient (Wildman–Crippen LogP) is 3.59. The molecule has 0 aliphatic carbocycles. The Morgan fingerprint density at radius 3 is 2.14 bits per heavy atom. The van der Waals surface area contributed by atoms with E-state index < -0.39 is 11.7 Å². The second-order valence-corrected chi connectivity index (χ2v) is 7.62. The highest BCUT2D eigenvalue weighted by Gasteiger charge is 2.40. The number of rotatable bonds is 5. The SMILES string of the molecule is CC(C)CNC(=O)C1CN(C(=O)c2ccc(F)cc2)CC1c1ccc(F)cc1. The Bertz CT molecular complexity index is 835. The number of carbonyl (C=O) groups is 2. The highest BCUT2D eigenvalue weighted by atomic mass is 19.1. The zero-order valence-corrected chi connectivity index (χ0v) is 16.0. The van der Waals surface area contributed by atoms with E-state index in [2.05, 4.69) is 5.32 Å². The van der Waals surface area contributed by atoms with Crippen LogP contribution in [0.5, 0.6) is 0 Å². The molecule has 0 spiro atoms. The van der Waals surface area contributed by atoms with Crippen LogP contribution in [0.1, 0.15) is 35.7 Å². The number of hydrogen-bond acceptors (Lipinski definition) is 2. The van der Waals surface area contributed by atoms with Gasteiger partial charge in [-0.15, -0.1) is 0 Å². The van der Waals surface area contributed by atoms with E-state index in [4.69, 9.17) is 0 Å². The summed E-state index contributed by atoms with van der Waals surface area (Å²) in [4.78, 5) is 27.2. The van der Waals surface area contributed by atoms with Crippen molar-refractivity contribution >= 4 is 11.8 Å². The molecular weight excluding hydrogens is 362 g/mol. The first-order chi connectivity index (χ1) is 13.3. The van der Waals surface area contributed by atoms with E-state index in [-0.39, 0.29) is 30.1 Å². The second kappa shape index (κ2) is 8.50. The largest absolute Gasteiger partial charge is 0.356 e. The summed E-state index contributed by atoms with van der Waals surface area (Å²) in [5.41, 5.74) is 1.20. The van der Waals surface area contributed by atoms with Crippen molar-refractivity contribution < 1.29 is 18.4 Å². The van der Waals surface area contributed by atoms with Crippen molar-refractivity contribution in [3.05, 3.63) is 71.3 Å². The molecule has 2 aromatic rings. The first-order valence-electron chi connectivity index (χ1n) is 9.43. The number of halogens is 2. The fourth-order valence-electron chi connectivity index (χ4n) is 3.49. The smallest absolute Gasteiger partial charge is 0.253 e. The van der Waals surface area contributed by atoms with Crippen molar-refractivity contribution in [2.24, 2.45) is 11.8 Å². The maximum Gasteiger partial charge on any atom is 0.253 e. The van der Waals surface area contributed by atoms with Crippen molar-refractivity contribution in [2.75, 3.05) is 19.6 Å². The fraction of sp³-hybridized carbons (Fsp3) is 0.364. The summed E-state index contributed by atoms with van der Waals surface area (Å²) in [7, 11) is 0. The van der Waals surface area contributed by atoms with Crippen LogP contribution in [0.15, 0.2) is 48.5 Å². The molecule has 1 N–H and O–H groups in total. The van der Waals surface area contributed by atoms with Crippen LogP contribution in [0.3, 0.4) is 0 Å². The molecule has 1 saturated heterocycles. The molecule has 2 aromatic carbocycles. The first-order valence-corrected chi connectivity index (χ1v) is 9.43. The lowest BCUT2D eigenvalue weighted by atomic mass is 9.88. The Kier molecular flexibility index (Phi) is 6.07. The lowest BCUT2D eigenvalue weighted by Crippen LogP contribution is -2.37. The van der Waals surface area contributed by atoms with Crippen LogP contribution in [0.4, 0.5) is 8.78 Å². The van der Waals surface area contributed by atoms with Gasteiger partial charge in [-0.1, -0.05) is 26.0 Å². The summed E-state index contributed by atoms with van der Waals surface area (Å²) in [5.74, 6) is -1.45. The Balaban J connectivity index is 1.83. The van der Waals surface area contributed by atoms with Crippen LogP contribution >= 0.6 is 0 Å². The Hall–Kier alpha value is -2.76. The zero-order chi connectivity index (χ0) is 20.3. The highest BCUT2D eigenvalue weighted by Crippen LogP contribution is 2.34. The van der Waals surface area contributed by atoms with Gasteiger partial charge in [-0.25, -0.2) is 8.78 Å². The van der Waals surface area contributed by atoms with Crippen molar-refractivity contribution in [2.45, 2.75) is 19.8 Å². The third-order valence-electron chi connectivity index (χ3n) is 5.02. The van der Waals surface area contributed by atoms with Crippen LogP contribution in [-0.2, 0) is 4.79 Å².